The van der Waals surface area contributed by atoms with Crippen molar-refractivity contribution in [3.05, 3.63) is 11.6 Å². The van der Waals surface area contributed by atoms with Crippen molar-refractivity contribution in [1.29, 1.82) is 0 Å². The Hall–Kier alpha value is -0.870. The van der Waals surface area contributed by atoms with Crippen LogP contribution in [0.3, 0.4) is 0 Å². The van der Waals surface area contributed by atoms with Crippen LogP contribution in [-0.2, 0) is 9.53 Å². The Kier molecular flexibility index (Phi) is 3.30. The maximum Gasteiger partial charge on any atom is 0.335 e. The molecule has 1 saturated heterocycles. The zero-order chi connectivity index (χ0) is 11.7. The summed E-state index contributed by atoms with van der Waals surface area (Å²) in [5, 5.41) is 8.86. The summed E-state index contributed by atoms with van der Waals surface area (Å²) in [7, 11) is 2.07. The summed E-state index contributed by atoms with van der Waals surface area (Å²) in [6, 6.07) is 0.814. The summed E-state index contributed by atoms with van der Waals surface area (Å²) >= 11 is 0. The smallest absolute Gasteiger partial charge is 0.335 e. The van der Waals surface area contributed by atoms with Crippen LogP contribution in [0.15, 0.2) is 11.6 Å². The molecule has 2 aliphatic rings. The zero-order valence-electron chi connectivity index (χ0n) is 9.85. The number of carbonyl (C=O) groups excluding carboxylic acids is 1. The van der Waals surface area contributed by atoms with Gasteiger partial charge in [0.15, 0.2) is 0 Å². The van der Waals surface area contributed by atoms with Gasteiger partial charge in [0.25, 0.3) is 0 Å². The van der Waals surface area contributed by atoms with Gasteiger partial charge in [0.05, 0.1) is 12.2 Å². The summed E-state index contributed by atoms with van der Waals surface area (Å²) in [4.78, 5) is 14.1. The Balaban J connectivity index is 2.04. The Morgan fingerprint density at radius 2 is 2.44 bits per heavy atom. The van der Waals surface area contributed by atoms with Crippen molar-refractivity contribution < 1.29 is 14.6 Å². The van der Waals surface area contributed by atoms with E-state index < -0.39 is 6.10 Å². The Bertz CT molecular complexity index is 313. The maximum absolute atomic E-state index is 11.9. The highest BCUT2D eigenvalue weighted by Gasteiger charge is 2.38. The van der Waals surface area contributed by atoms with Crippen molar-refractivity contribution in [2.24, 2.45) is 0 Å². The number of rotatable bonds is 3. The van der Waals surface area contributed by atoms with E-state index in [4.69, 9.17) is 9.84 Å². The number of hydrogen-bond acceptors (Lipinski definition) is 4. The van der Waals surface area contributed by atoms with Gasteiger partial charge < -0.3 is 9.84 Å². The molecule has 3 unspecified atom stereocenters. The molecule has 4 nitrogen and oxygen atoms in total. The van der Waals surface area contributed by atoms with E-state index in [1.54, 1.807) is 6.92 Å². The highest BCUT2D eigenvalue weighted by atomic mass is 16.5. The van der Waals surface area contributed by atoms with Crippen molar-refractivity contribution in [2.45, 2.75) is 44.4 Å². The van der Waals surface area contributed by atoms with E-state index in [2.05, 4.69) is 11.9 Å². The zero-order valence-corrected chi connectivity index (χ0v) is 9.85. The van der Waals surface area contributed by atoms with Gasteiger partial charge in [-0.15, -0.1) is 0 Å². The summed E-state index contributed by atoms with van der Waals surface area (Å²) in [6.07, 6.45) is 4.72. The summed E-state index contributed by atoms with van der Waals surface area (Å²) in [5.41, 5.74) is 0.775. The SMILES string of the molecule is CC(CO)OC(=O)C1=CCC2CCC1N2C. The van der Waals surface area contributed by atoms with Crippen LogP contribution < -0.4 is 0 Å². The van der Waals surface area contributed by atoms with Gasteiger partial charge in [-0.1, -0.05) is 6.08 Å². The van der Waals surface area contributed by atoms with Gasteiger partial charge in [-0.3, -0.25) is 4.90 Å². The first-order chi connectivity index (χ1) is 7.63. The lowest BCUT2D eigenvalue weighted by atomic mass is 10.0. The number of hydrogen-bond donors (Lipinski definition) is 1. The Morgan fingerprint density at radius 1 is 1.69 bits per heavy atom. The number of esters is 1. The van der Waals surface area contributed by atoms with Crippen molar-refractivity contribution in [1.82, 2.24) is 4.90 Å². The molecule has 0 saturated carbocycles. The summed E-state index contributed by atoms with van der Waals surface area (Å²) in [6.45, 7) is 1.57. The lowest BCUT2D eigenvalue weighted by Crippen LogP contribution is -2.39. The van der Waals surface area contributed by atoms with Crippen LogP contribution in [0.5, 0.6) is 0 Å². The van der Waals surface area contributed by atoms with Gasteiger partial charge in [-0.25, -0.2) is 4.79 Å². The van der Waals surface area contributed by atoms with Crippen LogP contribution in [0.25, 0.3) is 0 Å². The van der Waals surface area contributed by atoms with Crippen molar-refractivity contribution in [3.8, 4) is 0 Å². The Labute approximate surface area is 95.9 Å². The second kappa shape index (κ2) is 4.55. The van der Waals surface area contributed by atoms with E-state index >= 15 is 0 Å². The third kappa shape index (κ3) is 1.99. The van der Waals surface area contributed by atoms with Crippen LogP contribution in [-0.4, -0.2) is 47.8 Å². The molecule has 2 rings (SSSR count). The quantitative estimate of drug-likeness (QED) is 0.718. The van der Waals surface area contributed by atoms with E-state index in [0.717, 1.165) is 24.8 Å². The van der Waals surface area contributed by atoms with Crippen LogP contribution in [0, 0.1) is 0 Å². The molecule has 1 fully saturated rings. The van der Waals surface area contributed by atoms with Crippen molar-refractivity contribution >= 4 is 5.97 Å². The number of likely N-dealkylation sites (N-methyl/N-ethyl adjacent to an activating group) is 1. The molecular formula is C12H19NO3. The second-order valence-electron chi connectivity index (χ2n) is 4.71. The van der Waals surface area contributed by atoms with E-state index in [0.29, 0.717) is 6.04 Å². The molecule has 0 radical (unpaired) electrons. The molecule has 1 N–H and O–H groups in total. The summed E-state index contributed by atoms with van der Waals surface area (Å²) in [5.74, 6) is -0.265. The molecule has 0 aromatic heterocycles. The average Bonchev–Trinajstić information content (AvgIpc) is 2.53. The van der Waals surface area contributed by atoms with Crippen LogP contribution >= 0.6 is 0 Å². The fourth-order valence-corrected chi connectivity index (χ4v) is 2.58. The molecule has 0 aliphatic carbocycles. The lowest BCUT2D eigenvalue weighted by molar-refractivity contribution is -0.146. The normalized spacial score (nSPS) is 31.1. The highest BCUT2D eigenvalue weighted by molar-refractivity contribution is 5.90. The largest absolute Gasteiger partial charge is 0.457 e. The topological polar surface area (TPSA) is 49.8 Å². The number of ether oxygens (including phenoxy) is 1. The summed E-state index contributed by atoms with van der Waals surface area (Å²) < 4.78 is 5.15. The van der Waals surface area contributed by atoms with Crippen LogP contribution in [0.4, 0.5) is 0 Å². The fraction of sp³-hybridized carbons (Fsp3) is 0.750. The van der Waals surface area contributed by atoms with Gasteiger partial charge in [0, 0.05) is 12.1 Å². The molecule has 2 bridgehead atoms. The lowest BCUT2D eigenvalue weighted by Gasteiger charge is -2.30. The van der Waals surface area contributed by atoms with Crippen molar-refractivity contribution in [2.75, 3.05) is 13.7 Å². The first-order valence-corrected chi connectivity index (χ1v) is 5.87. The van der Waals surface area contributed by atoms with Gasteiger partial charge in [0.2, 0.25) is 0 Å². The number of fused-ring (bicyclic) bond motifs is 2. The average molecular weight is 225 g/mol. The monoisotopic (exact) mass is 225 g/mol. The molecule has 90 valence electrons. The minimum absolute atomic E-state index is 0.123. The maximum atomic E-state index is 11.9. The third-order valence-electron chi connectivity index (χ3n) is 3.61. The number of nitrogens with zero attached hydrogens (tertiary/aromatic N) is 1. The molecule has 2 aliphatic heterocycles. The molecule has 0 spiro atoms. The molecular weight excluding hydrogens is 206 g/mol. The second-order valence-corrected chi connectivity index (χ2v) is 4.71. The Morgan fingerprint density at radius 3 is 3.12 bits per heavy atom. The number of aliphatic hydroxyl groups excluding tert-OH is 1. The highest BCUT2D eigenvalue weighted by Crippen LogP contribution is 2.34. The minimum atomic E-state index is -0.419. The fourth-order valence-electron chi connectivity index (χ4n) is 2.58. The molecule has 0 aromatic carbocycles. The van der Waals surface area contributed by atoms with Gasteiger partial charge in [-0.05, 0) is 33.2 Å². The van der Waals surface area contributed by atoms with E-state index in [9.17, 15) is 4.79 Å². The molecule has 2 heterocycles. The molecule has 0 amide bonds. The van der Waals surface area contributed by atoms with E-state index in [1.807, 2.05) is 6.08 Å². The predicted molar refractivity (Wildman–Crippen MR) is 59.9 cm³/mol. The van der Waals surface area contributed by atoms with Gasteiger partial charge >= 0.3 is 5.97 Å². The van der Waals surface area contributed by atoms with Gasteiger partial charge in [0.1, 0.15) is 6.10 Å². The van der Waals surface area contributed by atoms with E-state index in [-0.39, 0.29) is 18.6 Å². The minimum Gasteiger partial charge on any atom is -0.457 e. The molecule has 4 heteroatoms. The third-order valence-corrected chi connectivity index (χ3v) is 3.61. The van der Waals surface area contributed by atoms with E-state index in [1.165, 1.54) is 0 Å². The molecule has 0 aromatic rings. The number of aliphatic hydroxyl groups is 1. The van der Waals surface area contributed by atoms with Crippen LogP contribution in [0.1, 0.15) is 26.2 Å². The molecule has 16 heavy (non-hydrogen) atoms. The van der Waals surface area contributed by atoms with Gasteiger partial charge in [-0.2, -0.15) is 0 Å². The standard InChI is InChI=1S/C12H19NO3/c1-8(7-14)16-12(15)10-5-3-9-4-6-11(10)13(9)2/h5,8-9,11,14H,3-4,6-7H2,1-2H3. The first-order valence-electron chi connectivity index (χ1n) is 5.87. The number of carbonyl (C=O) groups is 1. The first kappa shape index (κ1) is 11.6. The predicted octanol–water partition coefficient (Wildman–Crippen LogP) is 0.703. The molecule has 3 atom stereocenters. The van der Waals surface area contributed by atoms with Crippen molar-refractivity contribution in [3.63, 3.8) is 0 Å². The van der Waals surface area contributed by atoms with Crippen LogP contribution in [0.2, 0.25) is 0 Å².